The first kappa shape index (κ1) is 23.8. The van der Waals surface area contributed by atoms with E-state index >= 15 is 0 Å². The summed E-state index contributed by atoms with van der Waals surface area (Å²) in [6.07, 6.45) is 0. The van der Waals surface area contributed by atoms with Gasteiger partial charge < -0.3 is 19.6 Å². The fourth-order valence-electron chi connectivity index (χ4n) is 2.93. The Morgan fingerprint density at radius 1 is 0.848 bits per heavy atom. The van der Waals surface area contributed by atoms with Gasteiger partial charge in [-0.25, -0.2) is 9.59 Å². The van der Waals surface area contributed by atoms with E-state index in [1.807, 2.05) is 19.9 Å². The summed E-state index contributed by atoms with van der Waals surface area (Å²) in [6.45, 7) is 5.46. The predicted octanol–water partition coefficient (Wildman–Crippen LogP) is 4.89. The average molecular weight is 469 g/mol. The van der Waals surface area contributed by atoms with Crippen LogP contribution in [0.1, 0.15) is 28.4 Å². The molecule has 0 spiro atoms. The lowest BCUT2D eigenvalue weighted by Gasteiger charge is -2.14. The van der Waals surface area contributed by atoms with Gasteiger partial charge in [-0.3, -0.25) is 0 Å². The van der Waals surface area contributed by atoms with Crippen LogP contribution in [-0.4, -0.2) is 27.0 Å². The van der Waals surface area contributed by atoms with E-state index in [0.717, 1.165) is 11.1 Å². The van der Waals surface area contributed by atoms with Crippen molar-refractivity contribution in [3.05, 3.63) is 83.4 Å². The lowest BCUT2D eigenvalue weighted by Crippen LogP contribution is -2.20. The summed E-state index contributed by atoms with van der Waals surface area (Å²) in [7, 11) is -4.24. The van der Waals surface area contributed by atoms with Gasteiger partial charge in [0, 0.05) is 17.4 Å². The summed E-state index contributed by atoms with van der Waals surface area (Å²) in [5, 5.41) is 5.29. The zero-order valence-electron chi connectivity index (χ0n) is 18.4. The largest absolute Gasteiger partial charge is 0.462 e. The number of carbonyl (C=O) groups is 2. The van der Waals surface area contributed by atoms with Crippen LogP contribution in [0, 0.1) is 13.8 Å². The van der Waals surface area contributed by atoms with Gasteiger partial charge in [0.15, 0.2) is 5.75 Å². The minimum Gasteiger partial charge on any atom is -0.462 e. The summed E-state index contributed by atoms with van der Waals surface area (Å²) in [4.78, 5) is 24.7. The molecule has 0 unspecified atom stereocenters. The van der Waals surface area contributed by atoms with Crippen molar-refractivity contribution in [2.24, 2.45) is 0 Å². The van der Waals surface area contributed by atoms with Gasteiger partial charge in [0.2, 0.25) is 0 Å². The summed E-state index contributed by atoms with van der Waals surface area (Å²) in [6, 6.07) is 16.8. The zero-order valence-corrected chi connectivity index (χ0v) is 19.2. The SMILES string of the molecule is CCOC(=O)c1ccc(NC(=O)Nc2cccc(C)c2)cc1OS(=O)(=O)c1ccc(C)cc1. The second-order valence-electron chi connectivity index (χ2n) is 7.23. The molecule has 0 atom stereocenters. The Bertz CT molecular complexity index is 1270. The highest BCUT2D eigenvalue weighted by atomic mass is 32.2. The van der Waals surface area contributed by atoms with Crippen molar-refractivity contribution in [3.63, 3.8) is 0 Å². The molecule has 0 aliphatic carbocycles. The topological polar surface area (TPSA) is 111 Å². The van der Waals surface area contributed by atoms with Gasteiger partial charge in [-0.1, -0.05) is 29.8 Å². The van der Waals surface area contributed by atoms with Gasteiger partial charge in [-0.05, 0) is 62.7 Å². The fourth-order valence-corrected chi connectivity index (χ4v) is 3.87. The van der Waals surface area contributed by atoms with Gasteiger partial charge in [0.1, 0.15) is 10.5 Å². The highest BCUT2D eigenvalue weighted by Crippen LogP contribution is 2.28. The number of anilines is 2. The Morgan fingerprint density at radius 3 is 2.15 bits per heavy atom. The summed E-state index contributed by atoms with van der Waals surface area (Å²) >= 11 is 0. The van der Waals surface area contributed by atoms with Crippen molar-refractivity contribution in [1.29, 1.82) is 0 Å². The van der Waals surface area contributed by atoms with E-state index in [-0.39, 0.29) is 28.5 Å². The van der Waals surface area contributed by atoms with E-state index in [4.69, 9.17) is 8.92 Å². The summed E-state index contributed by atoms with van der Waals surface area (Å²) in [5.41, 5.74) is 2.59. The number of urea groups is 1. The van der Waals surface area contributed by atoms with Gasteiger partial charge in [0.25, 0.3) is 0 Å². The number of benzene rings is 3. The molecule has 3 aromatic rings. The highest BCUT2D eigenvalue weighted by molar-refractivity contribution is 7.87. The Labute approximate surface area is 192 Å². The molecular formula is C24H24N2O6S. The van der Waals surface area contributed by atoms with Crippen LogP contribution in [0.4, 0.5) is 16.2 Å². The van der Waals surface area contributed by atoms with Crippen molar-refractivity contribution >= 4 is 33.5 Å². The Hall–Kier alpha value is -3.85. The number of carbonyl (C=O) groups excluding carboxylic acids is 2. The molecule has 8 nitrogen and oxygen atoms in total. The molecule has 3 aromatic carbocycles. The molecule has 172 valence electrons. The van der Waals surface area contributed by atoms with Gasteiger partial charge in [-0.15, -0.1) is 0 Å². The van der Waals surface area contributed by atoms with E-state index in [0.29, 0.717) is 5.69 Å². The first-order valence-corrected chi connectivity index (χ1v) is 11.6. The molecule has 2 N–H and O–H groups in total. The molecular weight excluding hydrogens is 444 g/mol. The monoisotopic (exact) mass is 468 g/mol. The van der Waals surface area contributed by atoms with Crippen LogP contribution in [-0.2, 0) is 14.9 Å². The minimum atomic E-state index is -4.24. The van der Waals surface area contributed by atoms with E-state index in [2.05, 4.69) is 10.6 Å². The molecule has 0 heterocycles. The van der Waals surface area contributed by atoms with Crippen LogP contribution in [0.5, 0.6) is 5.75 Å². The van der Waals surface area contributed by atoms with Crippen molar-refractivity contribution in [2.75, 3.05) is 17.2 Å². The first-order chi connectivity index (χ1) is 15.7. The van der Waals surface area contributed by atoms with Crippen LogP contribution in [0.3, 0.4) is 0 Å². The number of hydrogen-bond donors (Lipinski definition) is 2. The molecule has 0 bridgehead atoms. The van der Waals surface area contributed by atoms with Crippen molar-refractivity contribution in [1.82, 2.24) is 0 Å². The lowest BCUT2D eigenvalue weighted by atomic mass is 10.2. The van der Waals surface area contributed by atoms with Gasteiger partial charge in [-0.2, -0.15) is 8.42 Å². The number of esters is 1. The third-order valence-corrected chi connectivity index (χ3v) is 5.77. The van der Waals surface area contributed by atoms with Crippen molar-refractivity contribution < 1.29 is 26.9 Å². The molecule has 0 fully saturated rings. The third kappa shape index (κ3) is 6.33. The van der Waals surface area contributed by atoms with Crippen LogP contribution < -0.4 is 14.8 Å². The van der Waals surface area contributed by atoms with Gasteiger partial charge in [0.05, 0.1) is 6.61 Å². The molecule has 0 aromatic heterocycles. The molecule has 2 amide bonds. The number of nitrogens with one attached hydrogen (secondary N) is 2. The molecule has 9 heteroatoms. The highest BCUT2D eigenvalue weighted by Gasteiger charge is 2.23. The standard InChI is InChI=1S/C24H24N2O6S/c1-4-31-23(27)21-13-10-19(26-24(28)25-18-7-5-6-17(3)14-18)15-22(21)32-33(29,30)20-11-8-16(2)9-12-20/h5-15H,4H2,1-3H3,(H2,25,26,28). The van der Waals surface area contributed by atoms with E-state index in [1.54, 1.807) is 37.3 Å². The quantitative estimate of drug-likeness (QED) is 0.377. The third-order valence-electron chi connectivity index (χ3n) is 4.52. The maximum atomic E-state index is 12.8. The van der Waals surface area contributed by atoms with Crippen molar-refractivity contribution in [3.8, 4) is 5.75 Å². The normalized spacial score (nSPS) is 10.9. The molecule has 0 radical (unpaired) electrons. The number of aryl methyl sites for hydroxylation is 2. The van der Waals surface area contributed by atoms with E-state index in [1.165, 1.54) is 30.3 Å². The number of rotatable bonds is 7. The number of ether oxygens (including phenoxy) is 1. The molecule has 0 aliphatic heterocycles. The molecule has 0 saturated heterocycles. The lowest BCUT2D eigenvalue weighted by molar-refractivity contribution is 0.0524. The molecule has 33 heavy (non-hydrogen) atoms. The zero-order chi connectivity index (χ0) is 24.0. The summed E-state index contributed by atoms with van der Waals surface area (Å²) in [5.74, 6) is -1.01. The number of amides is 2. The average Bonchev–Trinajstić information content (AvgIpc) is 2.74. The molecule has 0 aliphatic rings. The maximum absolute atomic E-state index is 12.8. The predicted molar refractivity (Wildman–Crippen MR) is 125 cm³/mol. The first-order valence-electron chi connectivity index (χ1n) is 10.1. The van der Waals surface area contributed by atoms with Gasteiger partial charge >= 0.3 is 22.1 Å². The van der Waals surface area contributed by atoms with E-state index in [9.17, 15) is 18.0 Å². The second-order valence-corrected chi connectivity index (χ2v) is 8.78. The minimum absolute atomic E-state index is 0.0709. The number of hydrogen-bond acceptors (Lipinski definition) is 6. The van der Waals surface area contributed by atoms with E-state index < -0.39 is 22.1 Å². The Kier molecular flexibility index (Phi) is 7.34. The summed E-state index contributed by atoms with van der Waals surface area (Å²) < 4.78 is 35.8. The van der Waals surface area contributed by atoms with Crippen LogP contribution in [0.2, 0.25) is 0 Å². The Balaban J connectivity index is 1.88. The second kappa shape index (κ2) is 10.2. The maximum Gasteiger partial charge on any atom is 0.341 e. The van der Waals surface area contributed by atoms with Crippen LogP contribution >= 0.6 is 0 Å². The Morgan fingerprint density at radius 2 is 1.52 bits per heavy atom. The van der Waals surface area contributed by atoms with Crippen molar-refractivity contribution in [2.45, 2.75) is 25.7 Å². The van der Waals surface area contributed by atoms with Crippen LogP contribution in [0.25, 0.3) is 0 Å². The molecule has 0 saturated carbocycles. The fraction of sp³-hybridized carbons (Fsp3) is 0.167. The molecule has 3 rings (SSSR count). The van der Waals surface area contributed by atoms with Crippen LogP contribution in [0.15, 0.2) is 71.6 Å². The smallest absolute Gasteiger partial charge is 0.341 e.